The molecule has 0 bridgehead atoms. The van der Waals surface area contributed by atoms with E-state index in [1.807, 2.05) is 18.2 Å². The first-order valence-electron chi connectivity index (χ1n) is 11.8. The number of piperazine rings is 1. The summed E-state index contributed by atoms with van der Waals surface area (Å²) in [5.41, 5.74) is 5.10. The van der Waals surface area contributed by atoms with Crippen LogP contribution in [-0.2, 0) is 0 Å². The van der Waals surface area contributed by atoms with E-state index in [0.717, 1.165) is 68.4 Å². The van der Waals surface area contributed by atoms with E-state index in [1.165, 1.54) is 16.0 Å². The average Bonchev–Trinajstić information content (AvgIpc) is 2.97. The van der Waals surface area contributed by atoms with Gasteiger partial charge in [-0.15, -0.1) is 0 Å². The van der Waals surface area contributed by atoms with Crippen LogP contribution < -0.4 is 5.32 Å². The van der Waals surface area contributed by atoms with Crippen LogP contribution >= 0.6 is 11.8 Å². The van der Waals surface area contributed by atoms with Crippen molar-refractivity contribution in [2.75, 3.05) is 45.8 Å². The molecule has 0 aromatic heterocycles. The van der Waals surface area contributed by atoms with Crippen LogP contribution in [0.3, 0.4) is 0 Å². The van der Waals surface area contributed by atoms with Gasteiger partial charge in [0.1, 0.15) is 0 Å². The molecule has 4 rings (SSSR count). The fourth-order valence-electron chi connectivity index (χ4n) is 4.32. The number of rotatable bonds is 7. The Morgan fingerprint density at radius 2 is 1.78 bits per heavy atom. The quantitative estimate of drug-likeness (QED) is 0.619. The molecule has 2 aromatic rings. The van der Waals surface area contributed by atoms with Crippen LogP contribution in [0, 0.1) is 6.92 Å². The molecule has 1 amide bonds. The third kappa shape index (κ3) is 5.42. The minimum absolute atomic E-state index is 0.0144. The monoisotopic (exact) mass is 450 g/mol. The molecule has 0 unspecified atom stereocenters. The van der Waals surface area contributed by atoms with E-state index in [9.17, 15) is 4.79 Å². The summed E-state index contributed by atoms with van der Waals surface area (Å²) in [5, 5.41) is 3.10. The molecule has 2 heterocycles. The highest BCUT2D eigenvalue weighted by molar-refractivity contribution is 7.99. The molecular weight excluding hydrogens is 416 g/mol. The van der Waals surface area contributed by atoms with Crippen molar-refractivity contribution in [1.29, 1.82) is 0 Å². The first-order valence-corrected chi connectivity index (χ1v) is 12.6. The Morgan fingerprint density at radius 3 is 2.53 bits per heavy atom. The Labute approximate surface area is 196 Å². The zero-order chi connectivity index (χ0) is 22.5. The molecule has 2 aromatic carbocycles. The van der Waals surface area contributed by atoms with Crippen molar-refractivity contribution in [1.82, 2.24) is 15.1 Å². The number of likely N-dealkylation sites (N-methyl/N-ethyl adjacent to an activating group) is 1. The van der Waals surface area contributed by atoms with Crippen molar-refractivity contribution >= 4 is 29.1 Å². The van der Waals surface area contributed by atoms with E-state index in [1.54, 1.807) is 11.8 Å². The molecule has 1 saturated heterocycles. The number of aryl methyl sites for hydroxylation is 1. The van der Waals surface area contributed by atoms with Gasteiger partial charge in [0.25, 0.3) is 5.91 Å². The number of nitrogens with one attached hydrogen (secondary N) is 1. The minimum Gasteiger partial charge on any atom is -0.352 e. The third-order valence-corrected chi connectivity index (χ3v) is 7.47. The van der Waals surface area contributed by atoms with Gasteiger partial charge in [0.2, 0.25) is 0 Å². The van der Waals surface area contributed by atoms with Crippen molar-refractivity contribution in [3.05, 3.63) is 53.1 Å². The van der Waals surface area contributed by atoms with Crippen LogP contribution in [0.25, 0.3) is 0 Å². The standard InChI is InChI=1S/C26H34N4OS/c1-4-22-21-17-19(3)7-9-24(21)32-25-10-8-20(18-23(25)28-22)26(31)27-11-6-12-30-15-13-29(5-2)14-16-30/h7-10,17-18H,4-6,11-16H2,1-3H3,(H,27,31). The molecule has 6 heteroatoms. The van der Waals surface area contributed by atoms with Gasteiger partial charge >= 0.3 is 0 Å². The molecule has 0 saturated carbocycles. The Bertz CT molecular complexity index is 995. The SMILES string of the molecule is CCC1=Nc2cc(C(=O)NCCCN3CCN(CC)CC3)ccc2Sc2ccc(C)cc21. The number of benzene rings is 2. The molecule has 5 nitrogen and oxygen atoms in total. The van der Waals surface area contributed by atoms with E-state index < -0.39 is 0 Å². The first-order chi connectivity index (χ1) is 15.6. The van der Waals surface area contributed by atoms with Gasteiger partial charge in [0.15, 0.2) is 0 Å². The van der Waals surface area contributed by atoms with Crippen LogP contribution in [0.15, 0.2) is 51.2 Å². The molecule has 0 spiro atoms. The van der Waals surface area contributed by atoms with Gasteiger partial charge in [-0.3, -0.25) is 9.79 Å². The number of nitrogens with zero attached hydrogens (tertiary/aromatic N) is 3. The van der Waals surface area contributed by atoms with Gasteiger partial charge in [-0.25, -0.2) is 0 Å². The van der Waals surface area contributed by atoms with Gasteiger partial charge in [0, 0.05) is 59.4 Å². The van der Waals surface area contributed by atoms with Crippen molar-refractivity contribution in [2.24, 2.45) is 4.99 Å². The van der Waals surface area contributed by atoms with E-state index in [2.05, 4.69) is 54.1 Å². The second-order valence-corrected chi connectivity index (χ2v) is 9.67. The lowest BCUT2D eigenvalue weighted by atomic mass is 10.0. The van der Waals surface area contributed by atoms with Crippen LogP contribution in [-0.4, -0.2) is 67.2 Å². The molecule has 32 heavy (non-hydrogen) atoms. The first kappa shape index (κ1) is 23.0. The molecule has 1 N–H and O–H groups in total. The highest BCUT2D eigenvalue weighted by atomic mass is 32.2. The fourth-order valence-corrected chi connectivity index (χ4v) is 5.32. The van der Waals surface area contributed by atoms with Gasteiger partial charge in [-0.05, 0) is 63.2 Å². The zero-order valence-electron chi connectivity index (χ0n) is 19.5. The predicted molar refractivity (Wildman–Crippen MR) is 134 cm³/mol. The lowest BCUT2D eigenvalue weighted by Gasteiger charge is -2.33. The smallest absolute Gasteiger partial charge is 0.251 e. The summed E-state index contributed by atoms with van der Waals surface area (Å²) < 4.78 is 0. The summed E-state index contributed by atoms with van der Waals surface area (Å²) in [6.07, 6.45) is 1.84. The summed E-state index contributed by atoms with van der Waals surface area (Å²) >= 11 is 1.74. The highest BCUT2D eigenvalue weighted by Gasteiger charge is 2.19. The van der Waals surface area contributed by atoms with Crippen LogP contribution in [0.1, 0.15) is 48.2 Å². The number of carbonyl (C=O) groups excluding carboxylic acids is 1. The van der Waals surface area contributed by atoms with E-state index in [0.29, 0.717) is 12.1 Å². The fraction of sp³-hybridized carbons (Fsp3) is 0.462. The van der Waals surface area contributed by atoms with Crippen LogP contribution in [0.5, 0.6) is 0 Å². The number of fused-ring (bicyclic) bond motifs is 2. The summed E-state index contributed by atoms with van der Waals surface area (Å²) in [5.74, 6) is -0.0144. The number of carbonyl (C=O) groups is 1. The van der Waals surface area contributed by atoms with Crippen molar-refractivity contribution < 1.29 is 4.79 Å². The Morgan fingerprint density at radius 1 is 1.03 bits per heavy atom. The van der Waals surface area contributed by atoms with Crippen LogP contribution in [0.2, 0.25) is 0 Å². The maximum atomic E-state index is 12.8. The second kappa shape index (κ2) is 10.6. The zero-order valence-corrected chi connectivity index (χ0v) is 20.3. The molecule has 170 valence electrons. The van der Waals surface area contributed by atoms with E-state index >= 15 is 0 Å². The lowest BCUT2D eigenvalue weighted by molar-refractivity contribution is 0.0948. The van der Waals surface area contributed by atoms with Crippen molar-refractivity contribution in [3.8, 4) is 0 Å². The predicted octanol–water partition coefficient (Wildman–Crippen LogP) is 4.75. The topological polar surface area (TPSA) is 47.9 Å². The molecule has 0 aliphatic carbocycles. The van der Waals surface area contributed by atoms with Crippen LogP contribution in [0.4, 0.5) is 5.69 Å². The number of amides is 1. The molecule has 0 radical (unpaired) electrons. The number of hydrogen-bond donors (Lipinski definition) is 1. The van der Waals surface area contributed by atoms with Gasteiger partial charge in [0.05, 0.1) is 5.69 Å². The largest absolute Gasteiger partial charge is 0.352 e. The number of aliphatic imine (C=N–C) groups is 1. The Balaban J connectivity index is 1.37. The second-order valence-electron chi connectivity index (χ2n) is 8.58. The number of hydrogen-bond acceptors (Lipinski definition) is 5. The summed E-state index contributed by atoms with van der Waals surface area (Å²) in [6.45, 7) is 13.9. The third-order valence-electron chi connectivity index (χ3n) is 6.33. The minimum atomic E-state index is -0.0144. The Kier molecular flexibility index (Phi) is 7.66. The average molecular weight is 451 g/mol. The van der Waals surface area contributed by atoms with E-state index in [4.69, 9.17) is 4.99 Å². The van der Waals surface area contributed by atoms with Crippen molar-refractivity contribution in [3.63, 3.8) is 0 Å². The molecule has 2 aliphatic heterocycles. The summed E-state index contributed by atoms with van der Waals surface area (Å²) in [7, 11) is 0. The lowest BCUT2D eigenvalue weighted by Crippen LogP contribution is -2.46. The molecule has 1 fully saturated rings. The summed E-state index contributed by atoms with van der Waals surface area (Å²) in [6, 6.07) is 12.4. The van der Waals surface area contributed by atoms with Crippen molar-refractivity contribution in [2.45, 2.75) is 43.4 Å². The molecule has 2 aliphatic rings. The summed E-state index contributed by atoms with van der Waals surface area (Å²) in [4.78, 5) is 25.0. The van der Waals surface area contributed by atoms with Gasteiger partial charge in [-0.1, -0.05) is 37.2 Å². The van der Waals surface area contributed by atoms with E-state index in [-0.39, 0.29) is 5.91 Å². The molecular formula is C26H34N4OS. The normalized spacial score (nSPS) is 16.7. The van der Waals surface area contributed by atoms with Gasteiger partial charge < -0.3 is 15.1 Å². The van der Waals surface area contributed by atoms with Gasteiger partial charge in [-0.2, -0.15) is 0 Å². The maximum Gasteiger partial charge on any atom is 0.251 e. The Hall–Kier alpha value is -2.15. The maximum absolute atomic E-state index is 12.8. The highest BCUT2D eigenvalue weighted by Crippen LogP contribution is 2.41. The molecule has 0 atom stereocenters.